The highest BCUT2D eigenvalue weighted by Gasteiger charge is 2.25. The SMILES string of the molecule is COC(=O)CCNC(=O)c1nc(-c2nccs2)c2c(cc(-c3ccccc3)c(=O)n2Cc2ccccc2)c1O. The quantitative estimate of drug-likeness (QED) is 0.282. The minimum atomic E-state index is -0.668. The zero-order valence-corrected chi connectivity index (χ0v) is 21.8. The van der Waals surface area contributed by atoms with Crippen LogP contribution in [0.15, 0.2) is 83.1 Å². The molecule has 0 spiro atoms. The highest BCUT2D eigenvalue weighted by atomic mass is 32.1. The molecule has 0 unspecified atom stereocenters. The van der Waals surface area contributed by atoms with Crippen LogP contribution in [-0.2, 0) is 16.1 Å². The third kappa shape index (κ3) is 5.27. The number of rotatable bonds is 8. The lowest BCUT2D eigenvalue weighted by molar-refractivity contribution is -0.140. The van der Waals surface area contributed by atoms with E-state index < -0.39 is 11.9 Å². The molecule has 0 saturated heterocycles. The Kier molecular flexibility index (Phi) is 7.46. The second-order valence-electron chi connectivity index (χ2n) is 8.64. The van der Waals surface area contributed by atoms with Gasteiger partial charge in [0.15, 0.2) is 11.4 Å². The molecule has 5 aromatic rings. The molecule has 0 aliphatic heterocycles. The summed E-state index contributed by atoms with van der Waals surface area (Å²) in [6, 6.07) is 20.2. The number of carbonyl (C=O) groups is 2. The minimum Gasteiger partial charge on any atom is -0.505 e. The van der Waals surface area contributed by atoms with Gasteiger partial charge in [-0.15, -0.1) is 11.3 Å². The Bertz CT molecular complexity index is 1700. The molecule has 2 N–H and O–H groups in total. The number of fused-ring (bicyclic) bond motifs is 1. The Labute approximate surface area is 227 Å². The van der Waals surface area contributed by atoms with Crippen LogP contribution in [0.3, 0.4) is 0 Å². The Hall–Kier alpha value is -4.83. The monoisotopic (exact) mass is 540 g/mol. The first-order valence-electron chi connectivity index (χ1n) is 12.1. The third-order valence-electron chi connectivity index (χ3n) is 6.18. The number of carbonyl (C=O) groups excluding carboxylic acids is 2. The molecule has 0 atom stereocenters. The van der Waals surface area contributed by atoms with Gasteiger partial charge < -0.3 is 19.7 Å². The fourth-order valence-corrected chi connectivity index (χ4v) is 4.93. The van der Waals surface area contributed by atoms with Gasteiger partial charge in [-0.1, -0.05) is 60.7 Å². The molecule has 0 bridgehead atoms. The Balaban J connectivity index is 1.77. The number of ether oxygens (including phenoxy) is 1. The maximum absolute atomic E-state index is 14.0. The molecule has 3 heterocycles. The van der Waals surface area contributed by atoms with Crippen molar-refractivity contribution in [1.82, 2.24) is 19.9 Å². The average molecular weight is 541 g/mol. The van der Waals surface area contributed by atoms with Gasteiger partial charge in [-0.05, 0) is 17.2 Å². The van der Waals surface area contributed by atoms with E-state index in [9.17, 15) is 19.5 Å². The van der Waals surface area contributed by atoms with Crippen LogP contribution < -0.4 is 10.9 Å². The number of hydrogen-bond donors (Lipinski definition) is 2. The lowest BCUT2D eigenvalue weighted by atomic mass is 10.0. The molecule has 0 aliphatic rings. The van der Waals surface area contributed by atoms with Crippen molar-refractivity contribution in [2.75, 3.05) is 13.7 Å². The highest BCUT2D eigenvalue weighted by molar-refractivity contribution is 7.13. The second kappa shape index (κ2) is 11.3. The molecule has 5 rings (SSSR count). The molecule has 0 saturated carbocycles. The number of thiazole rings is 1. The smallest absolute Gasteiger partial charge is 0.307 e. The number of pyridine rings is 2. The normalized spacial score (nSPS) is 10.9. The second-order valence-corrected chi connectivity index (χ2v) is 9.53. The van der Waals surface area contributed by atoms with E-state index in [0.29, 0.717) is 27.3 Å². The van der Waals surface area contributed by atoms with E-state index in [2.05, 4.69) is 20.0 Å². The summed E-state index contributed by atoms with van der Waals surface area (Å²) in [5, 5.41) is 16.5. The van der Waals surface area contributed by atoms with Crippen molar-refractivity contribution < 1.29 is 19.4 Å². The fraction of sp³-hybridized carbons (Fsp3) is 0.138. The fourth-order valence-electron chi connectivity index (χ4n) is 4.30. The van der Waals surface area contributed by atoms with Crippen LogP contribution in [0.2, 0.25) is 0 Å². The number of nitrogens with one attached hydrogen (secondary N) is 1. The predicted molar refractivity (Wildman–Crippen MR) is 149 cm³/mol. The van der Waals surface area contributed by atoms with E-state index in [-0.39, 0.29) is 41.9 Å². The molecule has 0 fully saturated rings. The van der Waals surface area contributed by atoms with Crippen molar-refractivity contribution in [2.45, 2.75) is 13.0 Å². The number of esters is 1. The molecule has 2 aromatic carbocycles. The van der Waals surface area contributed by atoms with Gasteiger partial charge in [0.1, 0.15) is 10.7 Å². The molecular formula is C29H24N4O5S. The zero-order valence-electron chi connectivity index (χ0n) is 21.0. The molecule has 10 heteroatoms. The van der Waals surface area contributed by atoms with Crippen molar-refractivity contribution in [2.24, 2.45) is 0 Å². The largest absolute Gasteiger partial charge is 0.505 e. The van der Waals surface area contributed by atoms with Crippen molar-refractivity contribution >= 4 is 34.1 Å². The summed E-state index contributed by atoms with van der Waals surface area (Å²) < 4.78 is 6.19. The number of benzene rings is 2. The maximum Gasteiger partial charge on any atom is 0.307 e. The summed E-state index contributed by atoms with van der Waals surface area (Å²) in [5.74, 6) is -1.52. The molecular weight excluding hydrogens is 516 g/mol. The first-order valence-corrected chi connectivity index (χ1v) is 13.0. The minimum absolute atomic E-state index is 0.0000193. The molecule has 9 nitrogen and oxygen atoms in total. The van der Waals surface area contributed by atoms with Gasteiger partial charge >= 0.3 is 5.97 Å². The molecule has 1 amide bonds. The van der Waals surface area contributed by atoms with Crippen LogP contribution in [-0.4, -0.2) is 45.2 Å². The first kappa shape index (κ1) is 25.8. The number of aromatic nitrogens is 3. The number of nitrogens with zero attached hydrogens (tertiary/aromatic N) is 3. The van der Waals surface area contributed by atoms with E-state index in [4.69, 9.17) is 0 Å². The zero-order chi connectivity index (χ0) is 27.4. The van der Waals surface area contributed by atoms with Crippen molar-refractivity contribution in [3.63, 3.8) is 0 Å². The standard InChI is InChI=1S/C29H24N4O5S/c1-38-22(34)12-13-30-27(36)24-26(35)21-16-20(19-10-6-3-7-11-19)29(37)33(17-18-8-4-2-5-9-18)25(21)23(32-24)28-31-14-15-39-28/h2-11,14-16,35H,12-13,17H2,1H3,(H,30,36). The van der Waals surface area contributed by atoms with Crippen LogP contribution in [0, 0.1) is 0 Å². The summed E-state index contributed by atoms with van der Waals surface area (Å²) >= 11 is 1.30. The molecule has 0 aliphatic carbocycles. The van der Waals surface area contributed by atoms with Crippen molar-refractivity contribution in [3.8, 4) is 27.6 Å². The highest BCUT2D eigenvalue weighted by Crippen LogP contribution is 2.37. The Morgan fingerprint density at radius 2 is 1.79 bits per heavy atom. The van der Waals surface area contributed by atoms with Gasteiger partial charge in [0.2, 0.25) is 0 Å². The van der Waals surface area contributed by atoms with E-state index in [0.717, 1.165) is 5.56 Å². The van der Waals surface area contributed by atoms with E-state index >= 15 is 0 Å². The molecule has 0 radical (unpaired) electrons. The van der Waals surface area contributed by atoms with Crippen LogP contribution in [0.5, 0.6) is 5.75 Å². The van der Waals surface area contributed by atoms with Crippen molar-refractivity contribution in [3.05, 3.63) is 99.9 Å². The van der Waals surface area contributed by atoms with Gasteiger partial charge in [-0.3, -0.25) is 14.4 Å². The number of hydrogen-bond acceptors (Lipinski definition) is 8. The van der Waals surface area contributed by atoms with Crippen LogP contribution in [0.25, 0.3) is 32.7 Å². The van der Waals surface area contributed by atoms with Crippen LogP contribution in [0.4, 0.5) is 0 Å². The van der Waals surface area contributed by atoms with E-state index in [1.165, 1.54) is 18.4 Å². The summed E-state index contributed by atoms with van der Waals surface area (Å²) in [6.07, 6.45) is 1.57. The topological polar surface area (TPSA) is 123 Å². The van der Waals surface area contributed by atoms with Crippen molar-refractivity contribution in [1.29, 1.82) is 0 Å². The lowest BCUT2D eigenvalue weighted by Gasteiger charge is -2.18. The van der Waals surface area contributed by atoms with E-state index in [1.54, 1.807) is 22.2 Å². The van der Waals surface area contributed by atoms with Gasteiger partial charge in [-0.25, -0.2) is 9.97 Å². The predicted octanol–water partition coefficient (Wildman–Crippen LogP) is 4.23. The average Bonchev–Trinajstić information content (AvgIpc) is 3.50. The van der Waals surface area contributed by atoms with Gasteiger partial charge in [0, 0.05) is 29.1 Å². The Morgan fingerprint density at radius 1 is 1.08 bits per heavy atom. The van der Waals surface area contributed by atoms with Crippen LogP contribution >= 0.6 is 11.3 Å². The maximum atomic E-state index is 14.0. The molecule has 196 valence electrons. The lowest BCUT2D eigenvalue weighted by Crippen LogP contribution is -2.28. The number of methoxy groups -OCH3 is 1. The molecule has 3 aromatic heterocycles. The Morgan fingerprint density at radius 3 is 2.46 bits per heavy atom. The number of amides is 1. The van der Waals surface area contributed by atoms with Gasteiger partial charge in [0.05, 0.1) is 25.6 Å². The van der Waals surface area contributed by atoms with Crippen LogP contribution in [0.1, 0.15) is 22.5 Å². The summed E-state index contributed by atoms with van der Waals surface area (Å²) in [6.45, 7) is 0.209. The van der Waals surface area contributed by atoms with Gasteiger partial charge in [-0.2, -0.15) is 0 Å². The van der Waals surface area contributed by atoms with Gasteiger partial charge in [0.25, 0.3) is 11.5 Å². The summed E-state index contributed by atoms with van der Waals surface area (Å²) in [4.78, 5) is 47.5. The third-order valence-corrected chi connectivity index (χ3v) is 6.96. The number of aromatic hydroxyl groups is 1. The first-order chi connectivity index (χ1) is 19.0. The summed E-state index contributed by atoms with van der Waals surface area (Å²) in [5.41, 5.74) is 2.06. The molecule has 39 heavy (non-hydrogen) atoms. The summed E-state index contributed by atoms with van der Waals surface area (Å²) in [7, 11) is 1.26. The van der Waals surface area contributed by atoms with E-state index in [1.807, 2.05) is 60.7 Å².